The van der Waals surface area contributed by atoms with E-state index in [1.165, 1.54) is 6.20 Å². The highest BCUT2D eigenvalue weighted by atomic mass is 16.5. The molecule has 0 saturated heterocycles. The number of carbonyl (C=O) groups is 1. The average molecular weight is 323 g/mol. The number of anilines is 1. The van der Waals surface area contributed by atoms with E-state index in [1.54, 1.807) is 31.2 Å². The molecule has 3 aromatic rings. The lowest BCUT2D eigenvalue weighted by atomic mass is 10.1. The second-order valence-electron chi connectivity index (χ2n) is 4.89. The number of imidazole rings is 1. The minimum absolute atomic E-state index is 0.105. The molecule has 2 aromatic heterocycles. The van der Waals surface area contributed by atoms with Crippen molar-refractivity contribution in [1.29, 1.82) is 0 Å². The lowest BCUT2D eigenvalue weighted by molar-refractivity contribution is 0.0523. The number of ether oxygens (including phenoxy) is 1. The predicted octanol–water partition coefficient (Wildman–Crippen LogP) is 2.00. The first-order valence-corrected chi connectivity index (χ1v) is 7.11. The molecule has 3 rings (SSSR count). The van der Waals surface area contributed by atoms with E-state index in [0.717, 1.165) is 4.40 Å². The first-order valence-electron chi connectivity index (χ1n) is 7.11. The summed E-state index contributed by atoms with van der Waals surface area (Å²) in [5.74, 6) is -0.403. The van der Waals surface area contributed by atoms with Gasteiger partial charge in [-0.25, -0.2) is 19.0 Å². The number of aromatic amines is 1. The standard InChI is InChI=1S/C16H13N5O3/c1-3-24-15(23)11-8-19-16-20-12(13(17)21(16)14(11)22)9-4-6-10(18-2)7-5-9/h4-8H,3,17H2,1H3,(H,19,20). The molecule has 0 atom stereocenters. The molecule has 0 amide bonds. The second-order valence-corrected chi connectivity index (χ2v) is 4.89. The van der Waals surface area contributed by atoms with Crippen LogP contribution in [0.15, 0.2) is 35.3 Å². The van der Waals surface area contributed by atoms with Crippen LogP contribution in [0.2, 0.25) is 0 Å². The summed E-state index contributed by atoms with van der Waals surface area (Å²) in [6.45, 7) is 8.78. The number of nitrogens with two attached hydrogens (primary N) is 1. The Labute approximate surface area is 136 Å². The van der Waals surface area contributed by atoms with E-state index in [2.05, 4.69) is 14.8 Å². The van der Waals surface area contributed by atoms with Crippen LogP contribution in [-0.2, 0) is 4.74 Å². The molecule has 2 heterocycles. The van der Waals surface area contributed by atoms with Gasteiger partial charge in [0.2, 0.25) is 5.78 Å². The number of carbonyl (C=O) groups excluding carboxylic acids is 1. The Balaban J connectivity index is 2.17. The number of rotatable bonds is 3. The third kappa shape index (κ3) is 2.38. The van der Waals surface area contributed by atoms with Gasteiger partial charge in [-0.05, 0) is 6.92 Å². The van der Waals surface area contributed by atoms with Gasteiger partial charge < -0.3 is 15.5 Å². The van der Waals surface area contributed by atoms with Crippen LogP contribution in [-0.4, -0.2) is 26.9 Å². The number of nitrogens with one attached hydrogen (secondary N) is 1. The molecule has 0 unspecified atom stereocenters. The normalized spacial score (nSPS) is 10.5. The molecule has 0 fully saturated rings. The number of hydrogen-bond donors (Lipinski definition) is 2. The van der Waals surface area contributed by atoms with Gasteiger partial charge in [0.05, 0.1) is 13.2 Å². The zero-order valence-corrected chi connectivity index (χ0v) is 12.7. The molecule has 120 valence electrons. The fourth-order valence-corrected chi connectivity index (χ4v) is 2.32. The fraction of sp³-hybridized carbons (Fsp3) is 0.125. The monoisotopic (exact) mass is 323 g/mol. The van der Waals surface area contributed by atoms with Crippen LogP contribution in [0.3, 0.4) is 0 Å². The highest BCUT2D eigenvalue weighted by Crippen LogP contribution is 2.26. The zero-order valence-electron chi connectivity index (χ0n) is 12.7. The van der Waals surface area contributed by atoms with Crippen molar-refractivity contribution in [3.8, 4) is 11.3 Å². The van der Waals surface area contributed by atoms with Gasteiger partial charge >= 0.3 is 5.97 Å². The van der Waals surface area contributed by atoms with Crippen LogP contribution in [0.5, 0.6) is 0 Å². The van der Waals surface area contributed by atoms with Crippen LogP contribution < -0.4 is 11.3 Å². The Morgan fingerprint density at radius 2 is 2.12 bits per heavy atom. The average Bonchev–Trinajstić information content (AvgIpc) is 2.93. The lowest BCUT2D eigenvalue weighted by Gasteiger charge is -2.02. The van der Waals surface area contributed by atoms with Crippen molar-refractivity contribution in [2.75, 3.05) is 12.3 Å². The minimum Gasteiger partial charge on any atom is -0.462 e. The highest BCUT2D eigenvalue weighted by molar-refractivity contribution is 5.89. The molecule has 0 saturated carbocycles. The van der Waals surface area contributed by atoms with Crippen molar-refractivity contribution < 1.29 is 9.53 Å². The van der Waals surface area contributed by atoms with Gasteiger partial charge in [0, 0.05) is 11.8 Å². The third-order valence-electron chi connectivity index (χ3n) is 3.46. The van der Waals surface area contributed by atoms with Crippen LogP contribution in [0.25, 0.3) is 21.9 Å². The maximum Gasteiger partial charge on any atom is 0.345 e. The summed E-state index contributed by atoms with van der Waals surface area (Å²) in [6.07, 6.45) is 1.26. The lowest BCUT2D eigenvalue weighted by Crippen LogP contribution is -2.24. The van der Waals surface area contributed by atoms with Crippen molar-refractivity contribution in [2.45, 2.75) is 6.92 Å². The van der Waals surface area contributed by atoms with Gasteiger partial charge in [-0.2, -0.15) is 0 Å². The Hall–Kier alpha value is -3.60. The molecular formula is C16H13N5O3. The largest absolute Gasteiger partial charge is 0.462 e. The van der Waals surface area contributed by atoms with Crippen molar-refractivity contribution in [1.82, 2.24) is 14.4 Å². The molecule has 24 heavy (non-hydrogen) atoms. The number of hydrogen-bond acceptors (Lipinski definition) is 5. The molecule has 8 nitrogen and oxygen atoms in total. The molecule has 0 spiro atoms. The summed E-state index contributed by atoms with van der Waals surface area (Å²) in [7, 11) is 0. The van der Waals surface area contributed by atoms with E-state index in [-0.39, 0.29) is 23.8 Å². The van der Waals surface area contributed by atoms with Crippen molar-refractivity contribution >= 4 is 23.3 Å². The van der Waals surface area contributed by atoms with Gasteiger partial charge in [-0.3, -0.25) is 4.79 Å². The number of nitrogens with zero attached hydrogens (tertiary/aromatic N) is 3. The van der Waals surface area contributed by atoms with Crippen molar-refractivity contribution in [3.05, 3.63) is 57.8 Å². The molecule has 0 aliphatic rings. The zero-order chi connectivity index (χ0) is 17.3. The van der Waals surface area contributed by atoms with E-state index in [0.29, 0.717) is 16.9 Å². The van der Waals surface area contributed by atoms with Crippen LogP contribution in [0, 0.1) is 6.57 Å². The summed E-state index contributed by atoms with van der Waals surface area (Å²) < 4.78 is 5.98. The van der Waals surface area contributed by atoms with Crippen LogP contribution in [0.4, 0.5) is 11.5 Å². The van der Waals surface area contributed by atoms with E-state index in [1.807, 2.05) is 0 Å². The smallest absolute Gasteiger partial charge is 0.345 e. The molecule has 0 aliphatic carbocycles. The number of aromatic nitrogens is 3. The number of benzene rings is 1. The van der Waals surface area contributed by atoms with E-state index in [9.17, 15) is 9.59 Å². The molecule has 0 bridgehead atoms. The first-order chi connectivity index (χ1) is 11.6. The summed E-state index contributed by atoms with van der Waals surface area (Å²) in [5.41, 5.74) is 6.84. The molecule has 0 radical (unpaired) electrons. The van der Waals surface area contributed by atoms with Gasteiger partial charge in [0.1, 0.15) is 17.1 Å². The van der Waals surface area contributed by atoms with Crippen molar-refractivity contribution in [2.24, 2.45) is 0 Å². The summed E-state index contributed by atoms with van der Waals surface area (Å²) in [6, 6.07) is 6.67. The van der Waals surface area contributed by atoms with E-state index in [4.69, 9.17) is 17.0 Å². The Morgan fingerprint density at radius 1 is 1.42 bits per heavy atom. The second kappa shape index (κ2) is 5.89. The van der Waals surface area contributed by atoms with Crippen LogP contribution in [0.1, 0.15) is 17.3 Å². The van der Waals surface area contributed by atoms with Gasteiger partial charge in [-0.1, -0.05) is 24.3 Å². The molecule has 3 N–H and O–H groups in total. The minimum atomic E-state index is -0.725. The van der Waals surface area contributed by atoms with Gasteiger partial charge in [0.25, 0.3) is 5.56 Å². The maximum absolute atomic E-state index is 12.5. The number of H-pyrrole nitrogens is 1. The summed E-state index contributed by atoms with van der Waals surface area (Å²) in [4.78, 5) is 34.7. The Kier molecular flexibility index (Phi) is 3.75. The quantitative estimate of drug-likeness (QED) is 0.566. The maximum atomic E-state index is 12.5. The Morgan fingerprint density at radius 3 is 2.75 bits per heavy atom. The summed E-state index contributed by atoms with van der Waals surface area (Å²) >= 11 is 0. The van der Waals surface area contributed by atoms with Crippen molar-refractivity contribution in [3.63, 3.8) is 0 Å². The fourth-order valence-electron chi connectivity index (χ4n) is 2.32. The molecule has 8 heteroatoms. The first kappa shape index (κ1) is 15.3. The molecule has 0 aliphatic heterocycles. The summed E-state index contributed by atoms with van der Waals surface area (Å²) in [5, 5.41) is 0. The molecular weight excluding hydrogens is 310 g/mol. The molecule has 1 aromatic carbocycles. The topological polar surface area (TPSA) is 107 Å². The number of fused-ring (bicyclic) bond motifs is 1. The predicted molar refractivity (Wildman–Crippen MR) is 87.9 cm³/mol. The van der Waals surface area contributed by atoms with Gasteiger partial charge in [0.15, 0.2) is 5.69 Å². The Bertz CT molecular complexity index is 1020. The SMILES string of the molecule is [C-]#[N+]c1ccc(-c2nc3[nH]cc(C(=O)OCC)c(=O)n3c2N)cc1. The van der Waals surface area contributed by atoms with E-state index < -0.39 is 11.5 Å². The number of esters is 1. The van der Waals surface area contributed by atoms with Crippen LogP contribution >= 0.6 is 0 Å². The number of nitrogen functional groups attached to an aromatic ring is 1. The van der Waals surface area contributed by atoms with E-state index >= 15 is 0 Å². The van der Waals surface area contributed by atoms with Gasteiger partial charge in [-0.15, -0.1) is 0 Å². The highest BCUT2D eigenvalue weighted by Gasteiger charge is 2.19. The third-order valence-corrected chi connectivity index (χ3v) is 3.46.